The second kappa shape index (κ2) is 3.77. The van der Waals surface area contributed by atoms with Crippen molar-refractivity contribution in [2.45, 2.75) is 32.4 Å². The van der Waals surface area contributed by atoms with Gasteiger partial charge in [-0.1, -0.05) is 0 Å². The standard InChI is InChI=1S/C10H19N3O/c1-8(2)12-5-6-13(10(12)14)9-3-4-11-7-9/h8-9,11H,3-7H2,1-2H3/t9-/m1/s1. The van der Waals surface area contributed by atoms with Crippen LogP contribution in [0.25, 0.3) is 0 Å². The summed E-state index contributed by atoms with van der Waals surface area (Å²) in [6.07, 6.45) is 1.11. The molecule has 0 aromatic carbocycles. The lowest BCUT2D eigenvalue weighted by molar-refractivity contribution is 0.172. The van der Waals surface area contributed by atoms with Gasteiger partial charge < -0.3 is 15.1 Å². The van der Waals surface area contributed by atoms with Gasteiger partial charge in [-0.2, -0.15) is 0 Å². The van der Waals surface area contributed by atoms with Gasteiger partial charge in [0.25, 0.3) is 0 Å². The molecule has 4 nitrogen and oxygen atoms in total. The third-order valence-corrected chi connectivity index (χ3v) is 3.17. The zero-order valence-electron chi connectivity index (χ0n) is 8.99. The van der Waals surface area contributed by atoms with Gasteiger partial charge in [-0.15, -0.1) is 0 Å². The van der Waals surface area contributed by atoms with Crippen LogP contribution < -0.4 is 5.32 Å². The number of rotatable bonds is 2. The Morgan fingerprint density at radius 1 is 1.43 bits per heavy atom. The Balaban J connectivity index is 1.99. The molecule has 0 aromatic rings. The summed E-state index contributed by atoms with van der Waals surface area (Å²) in [7, 11) is 0. The van der Waals surface area contributed by atoms with E-state index in [-0.39, 0.29) is 6.03 Å². The largest absolute Gasteiger partial charge is 0.320 e. The first kappa shape index (κ1) is 9.77. The van der Waals surface area contributed by atoms with Crippen molar-refractivity contribution in [2.75, 3.05) is 26.2 Å². The van der Waals surface area contributed by atoms with Crippen LogP contribution in [0.5, 0.6) is 0 Å². The fraction of sp³-hybridized carbons (Fsp3) is 0.900. The van der Waals surface area contributed by atoms with Crippen LogP contribution in [-0.4, -0.2) is 54.1 Å². The molecule has 0 saturated carbocycles. The third-order valence-electron chi connectivity index (χ3n) is 3.17. The molecule has 2 aliphatic rings. The Bertz CT molecular complexity index is 223. The van der Waals surface area contributed by atoms with Crippen LogP contribution in [0.3, 0.4) is 0 Å². The predicted molar refractivity (Wildman–Crippen MR) is 55.2 cm³/mol. The molecule has 2 heterocycles. The fourth-order valence-corrected chi connectivity index (χ4v) is 2.30. The highest BCUT2D eigenvalue weighted by Crippen LogP contribution is 2.18. The van der Waals surface area contributed by atoms with Crippen molar-refractivity contribution in [1.82, 2.24) is 15.1 Å². The monoisotopic (exact) mass is 197 g/mol. The maximum absolute atomic E-state index is 12.0. The molecule has 0 aliphatic carbocycles. The number of carbonyl (C=O) groups excluding carboxylic acids is 1. The highest BCUT2D eigenvalue weighted by molar-refractivity contribution is 5.77. The van der Waals surface area contributed by atoms with E-state index in [1.165, 1.54) is 0 Å². The van der Waals surface area contributed by atoms with Crippen LogP contribution in [0.15, 0.2) is 0 Å². The molecule has 1 atom stereocenters. The molecule has 14 heavy (non-hydrogen) atoms. The van der Waals surface area contributed by atoms with E-state index in [1.54, 1.807) is 0 Å². The van der Waals surface area contributed by atoms with Gasteiger partial charge in [0, 0.05) is 31.7 Å². The number of amides is 2. The Morgan fingerprint density at radius 2 is 2.21 bits per heavy atom. The third kappa shape index (κ3) is 1.59. The fourth-order valence-electron chi connectivity index (χ4n) is 2.30. The Labute approximate surface area is 85.2 Å². The number of hydrogen-bond acceptors (Lipinski definition) is 2. The first-order chi connectivity index (χ1) is 6.70. The second-order valence-corrected chi connectivity index (χ2v) is 4.41. The zero-order valence-corrected chi connectivity index (χ0v) is 8.99. The summed E-state index contributed by atoms with van der Waals surface area (Å²) < 4.78 is 0. The molecule has 0 unspecified atom stereocenters. The van der Waals surface area contributed by atoms with E-state index in [0.29, 0.717) is 12.1 Å². The lowest BCUT2D eigenvalue weighted by Crippen LogP contribution is -2.42. The maximum atomic E-state index is 12.0. The molecule has 80 valence electrons. The lowest BCUT2D eigenvalue weighted by atomic mass is 10.2. The molecule has 2 amide bonds. The SMILES string of the molecule is CC(C)N1CCN([C@@H]2CCNC2)C1=O. The molecule has 0 spiro atoms. The van der Waals surface area contributed by atoms with Crippen LogP contribution in [0.2, 0.25) is 0 Å². The topological polar surface area (TPSA) is 35.6 Å². The average Bonchev–Trinajstić information content (AvgIpc) is 2.71. The summed E-state index contributed by atoms with van der Waals surface area (Å²) in [6.45, 7) is 7.98. The molecule has 1 N–H and O–H groups in total. The minimum absolute atomic E-state index is 0.230. The normalized spacial score (nSPS) is 28.2. The van der Waals surface area contributed by atoms with Crippen molar-refractivity contribution < 1.29 is 4.79 Å². The summed E-state index contributed by atoms with van der Waals surface area (Å²) in [6, 6.07) is 1.00. The van der Waals surface area contributed by atoms with Crippen LogP contribution in [0, 0.1) is 0 Å². The maximum Gasteiger partial charge on any atom is 0.320 e. The van der Waals surface area contributed by atoms with Crippen molar-refractivity contribution in [1.29, 1.82) is 0 Å². The molecule has 0 bridgehead atoms. The Morgan fingerprint density at radius 3 is 2.71 bits per heavy atom. The van der Waals surface area contributed by atoms with Crippen molar-refractivity contribution in [3.05, 3.63) is 0 Å². The molecular weight excluding hydrogens is 178 g/mol. The van der Waals surface area contributed by atoms with Gasteiger partial charge in [0.15, 0.2) is 0 Å². The molecule has 2 aliphatic heterocycles. The smallest absolute Gasteiger partial charge is 0.320 e. The zero-order chi connectivity index (χ0) is 10.1. The van der Waals surface area contributed by atoms with Crippen LogP contribution in [0.1, 0.15) is 20.3 Å². The quantitative estimate of drug-likeness (QED) is 0.699. The molecule has 0 aromatic heterocycles. The second-order valence-electron chi connectivity index (χ2n) is 4.41. The van der Waals surface area contributed by atoms with Gasteiger partial charge in [-0.05, 0) is 26.8 Å². The molecular formula is C10H19N3O. The van der Waals surface area contributed by atoms with E-state index in [2.05, 4.69) is 19.2 Å². The van der Waals surface area contributed by atoms with E-state index in [1.807, 2.05) is 9.80 Å². The first-order valence-corrected chi connectivity index (χ1v) is 5.48. The number of nitrogens with zero attached hydrogens (tertiary/aromatic N) is 2. The lowest BCUT2D eigenvalue weighted by Gasteiger charge is -2.25. The summed E-state index contributed by atoms with van der Waals surface area (Å²) in [5, 5.41) is 3.30. The predicted octanol–water partition coefficient (Wildman–Crippen LogP) is 0.494. The van der Waals surface area contributed by atoms with Gasteiger partial charge in [0.1, 0.15) is 0 Å². The minimum atomic E-state index is 0.230. The summed E-state index contributed by atoms with van der Waals surface area (Å²) in [5.74, 6) is 0. The molecule has 0 radical (unpaired) electrons. The summed E-state index contributed by atoms with van der Waals surface area (Å²) in [5.41, 5.74) is 0. The van der Waals surface area contributed by atoms with Crippen molar-refractivity contribution in [3.63, 3.8) is 0 Å². The average molecular weight is 197 g/mol. The molecule has 2 saturated heterocycles. The number of nitrogens with one attached hydrogen (secondary N) is 1. The van der Waals surface area contributed by atoms with Crippen molar-refractivity contribution in [2.24, 2.45) is 0 Å². The number of hydrogen-bond donors (Lipinski definition) is 1. The van der Waals surface area contributed by atoms with Gasteiger partial charge in [-0.3, -0.25) is 0 Å². The highest BCUT2D eigenvalue weighted by Gasteiger charge is 2.35. The molecule has 2 fully saturated rings. The van der Waals surface area contributed by atoms with E-state index in [0.717, 1.165) is 32.6 Å². The van der Waals surface area contributed by atoms with Crippen molar-refractivity contribution in [3.8, 4) is 0 Å². The minimum Gasteiger partial charge on any atom is -0.320 e. The van der Waals surface area contributed by atoms with Gasteiger partial charge in [-0.25, -0.2) is 4.79 Å². The summed E-state index contributed by atoms with van der Waals surface area (Å²) >= 11 is 0. The van der Waals surface area contributed by atoms with Gasteiger partial charge in [0.05, 0.1) is 0 Å². The van der Waals surface area contributed by atoms with E-state index >= 15 is 0 Å². The summed E-state index contributed by atoms with van der Waals surface area (Å²) in [4.78, 5) is 15.9. The molecule has 4 heteroatoms. The van der Waals surface area contributed by atoms with Crippen LogP contribution >= 0.6 is 0 Å². The number of carbonyl (C=O) groups is 1. The molecule has 2 rings (SSSR count). The Hall–Kier alpha value is -0.770. The van der Waals surface area contributed by atoms with Crippen LogP contribution in [-0.2, 0) is 0 Å². The van der Waals surface area contributed by atoms with Gasteiger partial charge in [0.2, 0.25) is 0 Å². The van der Waals surface area contributed by atoms with Crippen molar-refractivity contribution >= 4 is 6.03 Å². The van der Waals surface area contributed by atoms with E-state index in [4.69, 9.17) is 0 Å². The van der Waals surface area contributed by atoms with Gasteiger partial charge >= 0.3 is 6.03 Å². The highest BCUT2D eigenvalue weighted by atomic mass is 16.2. The van der Waals surface area contributed by atoms with E-state index < -0.39 is 0 Å². The number of urea groups is 1. The van der Waals surface area contributed by atoms with E-state index in [9.17, 15) is 4.79 Å². The Kier molecular flexibility index (Phi) is 2.63. The first-order valence-electron chi connectivity index (χ1n) is 5.48. The van der Waals surface area contributed by atoms with Crippen LogP contribution in [0.4, 0.5) is 4.79 Å².